The van der Waals surface area contributed by atoms with Crippen molar-refractivity contribution in [2.24, 2.45) is 0 Å². The molecular formula is C16H26N2O3. The molecule has 2 amide bonds. The summed E-state index contributed by atoms with van der Waals surface area (Å²) in [5.41, 5.74) is 0.446. The van der Waals surface area contributed by atoms with E-state index in [1.165, 1.54) is 0 Å². The highest BCUT2D eigenvalue weighted by atomic mass is 16.5. The Morgan fingerprint density at radius 1 is 1.19 bits per heavy atom. The Morgan fingerprint density at radius 3 is 2.43 bits per heavy atom. The van der Waals surface area contributed by atoms with Crippen LogP contribution in [0, 0.1) is 0 Å². The van der Waals surface area contributed by atoms with Crippen LogP contribution < -0.4 is 20.1 Å². The van der Waals surface area contributed by atoms with Crippen molar-refractivity contribution in [1.29, 1.82) is 0 Å². The van der Waals surface area contributed by atoms with Gasteiger partial charge in [0, 0.05) is 6.54 Å². The molecule has 0 unspecified atom stereocenters. The number of ether oxygens (including phenoxy) is 2. The standard InChI is InChI=1S/C16H26N2O3/c1-6-7-10-17-15(19)18-16(2,3)12-8-9-13(20-4)14(11-12)21-5/h8-9,11H,6-7,10H2,1-5H3,(H2,17,18,19). The van der Waals surface area contributed by atoms with Crippen molar-refractivity contribution >= 4 is 6.03 Å². The smallest absolute Gasteiger partial charge is 0.315 e. The van der Waals surface area contributed by atoms with Gasteiger partial charge in [0.25, 0.3) is 0 Å². The summed E-state index contributed by atoms with van der Waals surface area (Å²) in [6.07, 6.45) is 2.03. The second-order valence-electron chi connectivity index (χ2n) is 5.43. The van der Waals surface area contributed by atoms with Gasteiger partial charge in [0.05, 0.1) is 19.8 Å². The molecule has 0 saturated heterocycles. The van der Waals surface area contributed by atoms with Gasteiger partial charge in [0.1, 0.15) is 0 Å². The molecule has 0 saturated carbocycles. The van der Waals surface area contributed by atoms with Gasteiger partial charge in [-0.1, -0.05) is 19.4 Å². The maximum Gasteiger partial charge on any atom is 0.315 e. The first kappa shape index (κ1) is 17.1. The SMILES string of the molecule is CCCCNC(=O)NC(C)(C)c1ccc(OC)c(OC)c1. The van der Waals surface area contributed by atoms with Crippen molar-refractivity contribution in [1.82, 2.24) is 10.6 Å². The lowest BCUT2D eigenvalue weighted by Gasteiger charge is -2.27. The third-order valence-corrected chi connectivity index (χ3v) is 3.35. The lowest BCUT2D eigenvalue weighted by Crippen LogP contribution is -2.46. The first-order valence-electron chi connectivity index (χ1n) is 7.23. The molecule has 0 fully saturated rings. The molecule has 0 aliphatic rings. The molecule has 0 atom stereocenters. The highest BCUT2D eigenvalue weighted by Crippen LogP contribution is 2.31. The average Bonchev–Trinajstić information content (AvgIpc) is 2.46. The number of unbranched alkanes of at least 4 members (excludes halogenated alkanes) is 1. The highest BCUT2D eigenvalue weighted by Gasteiger charge is 2.24. The molecule has 0 bridgehead atoms. The van der Waals surface area contributed by atoms with Crippen molar-refractivity contribution in [3.63, 3.8) is 0 Å². The van der Waals surface area contributed by atoms with Crippen LogP contribution in [-0.2, 0) is 5.54 Å². The van der Waals surface area contributed by atoms with E-state index in [4.69, 9.17) is 9.47 Å². The van der Waals surface area contributed by atoms with Gasteiger partial charge in [-0.3, -0.25) is 0 Å². The Labute approximate surface area is 127 Å². The van der Waals surface area contributed by atoms with Crippen molar-refractivity contribution in [3.05, 3.63) is 23.8 Å². The molecular weight excluding hydrogens is 268 g/mol. The molecule has 1 aromatic rings. The molecule has 0 spiro atoms. The zero-order chi connectivity index (χ0) is 15.9. The van der Waals surface area contributed by atoms with Crippen LogP contribution >= 0.6 is 0 Å². The third kappa shape index (κ3) is 4.85. The quantitative estimate of drug-likeness (QED) is 0.760. The zero-order valence-electron chi connectivity index (χ0n) is 13.6. The number of hydrogen-bond acceptors (Lipinski definition) is 3. The maximum absolute atomic E-state index is 11.9. The van der Waals surface area contributed by atoms with Gasteiger partial charge >= 0.3 is 6.03 Å². The second kappa shape index (κ2) is 7.76. The topological polar surface area (TPSA) is 59.6 Å². The van der Waals surface area contributed by atoms with Crippen LogP contribution in [0.15, 0.2) is 18.2 Å². The van der Waals surface area contributed by atoms with Gasteiger partial charge in [-0.25, -0.2) is 4.79 Å². The fourth-order valence-electron chi connectivity index (χ4n) is 2.00. The largest absolute Gasteiger partial charge is 0.493 e. The Kier molecular flexibility index (Phi) is 6.34. The number of methoxy groups -OCH3 is 2. The van der Waals surface area contributed by atoms with Crippen LogP contribution in [0.4, 0.5) is 4.79 Å². The van der Waals surface area contributed by atoms with Gasteiger partial charge in [-0.15, -0.1) is 0 Å². The highest BCUT2D eigenvalue weighted by molar-refractivity contribution is 5.75. The summed E-state index contributed by atoms with van der Waals surface area (Å²) >= 11 is 0. The van der Waals surface area contributed by atoms with E-state index in [-0.39, 0.29) is 6.03 Å². The van der Waals surface area contributed by atoms with Crippen LogP contribution in [0.1, 0.15) is 39.2 Å². The summed E-state index contributed by atoms with van der Waals surface area (Å²) in [5.74, 6) is 1.32. The van der Waals surface area contributed by atoms with Crippen LogP contribution in [-0.4, -0.2) is 26.8 Å². The first-order valence-corrected chi connectivity index (χ1v) is 7.23. The summed E-state index contributed by atoms with van der Waals surface area (Å²) in [7, 11) is 3.20. The van der Waals surface area contributed by atoms with E-state index in [0.29, 0.717) is 18.0 Å². The van der Waals surface area contributed by atoms with Gasteiger partial charge in [-0.05, 0) is 38.0 Å². The molecule has 2 N–H and O–H groups in total. The van der Waals surface area contributed by atoms with Gasteiger partial charge < -0.3 is 20.1 Å². The van der Waals surface area contributed by atoms with Gasteiger partial charge in [-0.2, -0.15) is 0 Å². The lowest BCUT2D eigenvalue weighted by atomic mass is 9.94. The molecule has 5 heteroatoms. The molecule has 0 radical (unpaired) electrons. The van der Waals surface area contributed by atoms with E-state index >= 15 is 0 Å². The molecule has 5 nitrogen and oxygen atoms in total. The molecule has 0 aliphatic heterocycles. The fraction of sp³-hybridized carbons (Fsp3) is 0.562. The Balaban J connectivity index is 2.79. The molecule has 118 valence electrons. The van der Waals surface area contributed by atoms with Crippen molar-refractivity contribution in [2.45, 2.75) is 39.2 Å². The number of benzene rings is 1. The molecule has 1 rings (SSSR count). The number of carbonyl (C=O) groups excluding carboxylic acids is 1. The minimum Gasteiger partial charge on any atom is -0.493 e. The van der Waals surface area contributed by atoms with Gasteiger partial charge in [0.15, 0.2) is 11.5 Å². The summed E-state index contributed by atoms with van der Waals surface area (Å²) in [5, 5.41) is 5.83. The number of hydrogen-bond donors (Lipinski definition) is 2. The minimum absolute atomic E-state index is 0.164. The minimum atomic E-state index is -0.504. The number of amides is 2. The number of rotatable bonds is 7. The van der Waals surface area contributed by atoms with Gasteiger partial charge in [0.2, 0.25) is 0 Å². The van der Waals surface area contributed by atoms with E-state index in [2.05, 4.69) is 17.6 Å². The summed E-state index contributed by atoms with van der Waals surface area (Å²) < 4.78 is 10.5. The predicted molar refractivity (Wildman–Crippen MR) is 84.0 cm³/mol. The summed E-state index contributed by atoms with van der Waals surface area (Å²) in [4.78, 5) is 11.9. The monoisotopic (exact) mass is 294 g/mol. The summed E-state index contributed by atoms with van der Waals surface area (Å²) in [6.45, 7) is 6.68. The van der Waals surface area contributed by atoms with E-state index in [0.717, 1.165) is 18.4 Å². The molecule has 0 heterocycles. The lowest BCUT2D eigenvalue weighted by molar-refractivity contribution is 0.229. The zero-order valence-corrected chi connectivity index (χ0v) is 13.6. The number of carbonyl (C=O) groups is 1. The Bertz CT molecular complexity index is 473. The fourth-order valence-corrected chi connectivity index (χ4v) is 2.00. The summed E-state index contributed by atoms with van der Waals surface area (Å²) in [6, 6.07) is 5.48. The average molecular weight is 294 g/mol. The third-order valence-electron chi connectivity index (χ3n) is 3.35. The number of nitrogens with one attached hydrogen (secondary N) is 2. The van der Waals surface area contributed by atoms with Crippen LogP contribution in [0.3, 0.4) is 0 Å². The van der Waals surface area contributed by atoms with E-state index in [9.17, 15) is 4.79 Å². The molecule has 21 heavy (non-hydrogen) atoms. The first-order chi connectivity index (χ1) is 9.94. The molecule has 1 aromatic carbocycles. The van der Waals surface area contributed by atoms with Crippen LogP contribution in [0.2, 0.25) is 0 Å². The second-order valence-corrected chi connectivity index (χ2v) is 5.43. The van der Waals surface area contributed by atoms with Crippen LogP contribution in [0.25, 0.3) is 0 Å². The van der Waals surface area contributed by atoms with E-state index in [1.807, 2.05) is 32.0 Å². The molecule has 0 aliphatic carbocycles. The van der Waals surface area contributed by atoms with Crippen molar-refractivity contribution in [3.8, 4) is 11.5 Å². The van der Waals surface area contributed by atoms with Crippen LogP contribution in [0.5, 0.6) is 11.5 Å². The van der Waals surface area contributed by atoms with Crippen molar-refractivity contribution in [2.75, 3.05) is 20.8 Å². The Hall–Kier alpha value is -1.91. The van der Waals surface area contributed by atoms with E-state index in [1.54, 1.807) is 14.2 Å². The number of urea groups is 1. The predicted octanol–water partition coefficient (Wildman–Crippen LogP) is 3.04. The maximum atomic E-state index is 11.9. The van der Waals surface area contributed by atoms with Crippen molar-refractivity contribution < 1.29 is 14.3 Å². The van der Waals surface area contributed by atoms with E-state index < -0.39 is 5.54 Å². The molecule has 0 aromatic heterocycles. The Morgan fingerprint density at radius 2 is 1.86 bits per heavy atom. The normalized spacial score (nSPS) is 10.9.